The van der Waals surface area contributed by atoms with Crippen LogP contribution in [0.25, 0.3) is 0 Å². The zero-order valence-corrected chi connectivity index (χ0v) is 9.64. The molecule has 0 fully saturated rings. The molecule has 0 aromatic heterocycles. The average molecular weight is 244 g/mol. The van der Waals surface area contributed by atoms with E-state index < -0.39 is 10.4 Å². The van der Waals surface area contributed by atoms with Crippen LogP contribution in [0.5, 0.6) is 0 Å². The van der Waals surface area contributed by atoms with Crippen molar-refractivity contribution in [3.05, 3.63) is 0 Å². The fourth-order valence-electron chi connectivity index (χ4n) is 0.0385. The van der Waals surface area contributed by atoms with Gasteiger partial charge in [-0.2, -0.15) is 12.4 Å². The Morgan fingerprint density at radius 2 is 1.89 bits per heavy atom. The molecule has 0 heterocycles. The fraction of sp³-hybridized carbons (Fsp3) is 0. The maximum atomic E-state index is 9.49. The third-order valence-electron chi connectivity index (χ3n) is 0.125. The second kappa shape index (κ2) is 7.08. The second-order valence-corrected chi connectivity index (χ2v) is 2.62. The van der Waals surface area contributed by atoms with Crippen molar-refractivity contribution >= 4 is 29.8 Å². The molecule has 0 saturated heterocycles. The van der Waals surface area contributed by atoms with Crippen molar-refractivity contribution in [3.8, 4) is 0 Å². The van der Waals surface area contributed by atoms with Crippen LogP contribution in [-0.2, 0) is 45.7 Å². The van der Waals surface area contributed by atoms with Gasteiger partial charge in [0, 0.05) is 19.5 Å². The summed E-state index contributed by atoms with van der Waals surface area (Å²) in [5.74, 6) is 0. The monoisotopic (exact) mass is 242 g/mol. The third kappa shape index (κ3) is 17.6. The summed E-state index contributed by atoms with van der Waals surface area (Å²) in [5.41, 5.74) is 0. The molecule has 0 aromatic carbocycles. The molecule has 0 atom stereocenters. The minimum absolute atomic E-state index is 0. The van der Waals surface area contributed by atoms with E-state index in [4.69, 9.17) is 4.55 Å². The Labute approximate surface area is 71.7 Å². The molecule has 0 rings (SSSR count). The molecule has 5 nitrogen and oxygen atoms in total. The van der Waals surface area contributed by atoms with Crippen LogP contribution in [-0.4, -0.2) is 18.4 Å². The molecule has 3 N–H and O–H groups in total. The Balaban J connectivity index is -0.000000180. The third-order valence-corrected chi connectivity index (χ3v) is 1.67. The summed E-state index contributed by atoms with van der Waals surface area (Å²) >= 11 is 4.01. The van der Waals surface area contributed by atoms with Gasteiger partial charge >= 0.3 is 10.4 Å². The molecular weight excluding hydrogens is 240 g/mol. The van der Waals surface area contributed by atoms with Gasteiger partial charge in [0.25, 0.3) is 0 Å². The predicted molar refractivity (Wildman–Crippen MR) is 30.5 cm³/mol. The van der Waals surface area contributed by atoms with Crippen molar-refractivity contribution in [1.82, 2.24) is 0 Å². The van der Waals surface area contributed by atoms with Gasteiger partial charge in [0.15, 0.2) is 7.58 Å². The first-order valence-corrected chi connectivity index (χ1v) is 4.24. The average Bonchev–Trinajstić information content (AvgIpc) is 1.30. The number of hydrogen-bond donors (Lipinski definition) is 1. The summed E-state index contributed by atoms with van der Waals surface area (Å²) in [5, 5.41) is 0. The van der Waals surface area contributed by atoms with Crippen LogP contribution in [0.1, 0.15) is 0 Å². The minimum Gasteiger partial charge on any atom is -0.412 e. The SMILES string of the molecule is O.O=S(=O)(O)OP=S.[Zn]. The van der Waals surface area contributed by atoms with Crippen LogP contribution < -0.4 is 0 Å². The van der Waals surface area contributed by atoms with Gasteiger partial charge in [-0.05, 0) is 11.8 Å². The van der Waals surface area contributed by atoms with Gasteiger partial charge in [0.2, 0.25) is 0 Å². The van der Waals surface area contributed by atoms with E-state index in [-0.39, 0.29) is 32.5 Å². The van der Waals surface area contributed by atoms with Gasteiger partial charge in [-0.3, -0.25) is 4.55 Å². The van der Waals surface area contributed by atoms with Crippen LogP contribution in [0.15, 0.2) is 0 Å². The Bertz CT molecular complexity index is 148. The first kappa shape index (κ1) is 16.5. The van der Waals surface area contributed by atoms with E-state index in [1.54, 1.807) is 0 Å². The van der Waals surface area contributed by atoms with Crippen LogP contribution in [0, 0.1) is 0 Å². The fourth-order valence-corrected chi connectivity index (χ4v) is 1.04. The number of hydrogen-bond acceptors (Lipinski definition) is 4. The van der Waals surface area contributed by atoms with E-state index in [0.717, 1.165) is 0 Å². The zero-order chi connectivity index (χ0) is 5.91. The molecule has 9 heavy (non-hydrogen) atoms. The van der Waals surface area contributed by atoms with Crippen molar-refractivity contribution in [2.24, 2.45) is 0 Å². The first-order valence-electron chi connectivity index (χ1n) is 1.05. The standard InChI is InChI=1S/HO4PS2.H2O.Zn/c1-7(2,3)4-5-6;;/h(H,1,2,3);1H2;. The Morgan fingerprint density at radius 1 is 1.56 bits per heavy atom. The Morgan fingerprint density at radius 3 is 1.89 bits per heavy atom. The molecule has 0 unspecified atom stereocenters. The zero-order valence-electron chi connectivity index (χ0n) is 4.14. The van der Waals surface area contributed by atoms with E-state index in [1.165, 1.54) is 0 Å². The topological polar surface area (TPSA) is 95.1 Å². The molecule has 0 aliphatic carbocycles. The van der Waals surface area contributed by atoms with E-state index in [0.29, 0.717) is 0 Å². The van der Waals surface area contributed by atoms with Gasteiger partial charge in [-0.25, -0.2) is 0 Å². The summed E-state index contributed by atoms with van der Waals surface area (Å²) in [4.78, 5) is 0. The largest absolute Gasteiger partial charge is 0.412 e. The molecule has 9 heteroatoms. The Hall–Kier alpha value is 0.973. The van der Waals surface area contributed by atoms with E-state index in [2.05, 4.69) is 15.8 Å². The molecule has 0 bridgehead atoms. The molecule has 52 valence electrons. The van der Waals surface area contributed by atoms with E-state index in [9.17, 15) is 8.42 Å². The van der Waals surface area contributed by atoms with E-state index >= 15 is 0 Å². The van der Waals surface area contributed by atoms with Crippen molar-refractivity contribution in [3.63, 3.8) is 0 Å². The normalized spacial score (nSPS) is 9.44. The summed E-state index contributed by atoms with van der Waals surface area (Å²) in [6.45, 7) is 0. The van der Waals surface area contributed by atoms with Crippen LogP contribution in [0.4, 0.5) is 0 Å². The predicted octanol–water partition coefficient (Wildman–Crippen LogP) is -0.698. The summed E-state index contributed by atoms with van der Waals surface area (Å²) in [7, 11) is -4.54. The van der Waals surface area contributed by atoms with Crippen LogP contribution >= 0.6 is 7.58 Å². The minimum atomic E-state index is -4.29. The van der Waals surface area contributed by atoms with Gasteiger partial charge in [0.1, 0.15) is 0 Å². The molecule has 0 saturated carbocycles. The van der Waals surface area contributed by atoms with Crippen LogP contribution in [0.3, 0.4) is 0 Å². The van der Waals surface area contributed by atoms with Crippen molar-refractivity contribution in [2.75, 3.05) is 0 Å². The first-order chi connectivity index (χ1) is 3.06. The summed E-state index contributed by atoms with van der Waals surface area (Å²) < 4.78 is 30.2. The van der Waals surface area contributed by atoms with Gasteiger partial charge in [-0.1, -0.05) is 0 Å². The molecule has 0 aromatic rings. The van der Waals surface area contributed by atoms with E-state index in [1.807, 2.05) is 0 Å². The van der Waals surface area contributed by atoms with Gasteiger partial charge in [0.05, 0.1) is 0 Å². The second-order valence-electron chi connectivity index (χ2n) is 0.577. The number of rotatable bonds is 2. The summed E-state index contributed by atoms with van der Waals surface area (Å²) in [6, 6.07) is 0. The van der Waals surface area contributed by atoms with Crippen molar-refractivity contribution in [2.45, 2.75) is 0 Å². The molecule has 0 spiro atoms. The quantitative estimate of drug-likeness (QED) is 0.393. The van der Waals surface area contributed by atoms with Crippen molar-refractivity contribution in [1.29, 1.82) is 0 Å². The maximum absolute atomic E-state index is 9.49. The maximum Gasteiger partial charge on any atom is 0.406 e. The van der Waals surface area contributed by atoms with Gasteiger partial charge in [-0.15, -0.1) is 0 Å². The molecular formula is H3O5PS2Zn. The van der Waals surface area contributed by atoms with Gasteiger partial charge < -0.3 is 5.48 Å². The molecule has 0 amide bonds. The molecule has 0 aliphatic rings. The smallest absolute Gasteiger partial charge is 0.406 e. The molecule has 0 aliphatic heterocycles. The van der Waals surface area contributed by atoms with Crippen LogP contribution in [0.2, 0.25) is 0 Å². The van der Waals surface area contributed by atoms with Crippen molar-refractivity contribution < 1.29 is 41.9 Å². The molecule has 0 radical (unpaired) electrons. The Kier molecular flexibility index (Phi) is 13.0. The summed E-state index contributed by atoms with van der Waals surface area (Å²) in [6.07, 6.45) is 0.